The fourth-order valence-corrected chi connectivity index (χ4v) is 6.60. The lowest BCUT2D eigenvalue weighted by molar-refractivity contribution is -0.123. The fourth-order valence-electron chi connectivity index (χ4n) is 5.84. The van der Waals surface area contributed by atoms with Crippen LogP contribution in [0.25, 0.3) is 0 Å². The number of nitrogens with one attached hydrogen (secondary N) is 1. The molecule has 0 rings (SSSR count). The van der Waals surface area contributed by atoms with Crippen LogP contribution in [0.1, 0.15) is 194 Å². The minimum atomic E-state index is -4.31. The lowest BCUT2D eigenvalue weighted by Gasteiger charge is -2.25. The minimum Gasteiger partial charge on any atom is -0.391 e. The van der Waals surface area contributed by atoms with Crippen molar-refractivity contribution >= 4 is 13.7 Å². The molecule has 3 atom stereocenters. The third-order valence-corrected chi connectivity index (χ3v) is 9.85. The van der Waals surface area contributed by atoms with Gasteiger partial charge < -0.3 is 21.1 Å². The Labute approximate surface area is 290 Å². The number of rotatable bonds is 37. The summed E-state index contributed by atoms with van der Waals surface area (Å²) in [6.07, 6.45) is 36.4. The lowest BCUT2D eigenvalue weighted by Crippen LogP contribution is -2.46. The second-order valence-electron chi connectivity index (χ2n) is 13.5. The van der Waals surface area contributed by atoms with Gasteiger partial charge >= 0.3 is 7.82 Å². The number of amides is 1. The molecule has 0 heterocycles. The topological polar surface area (TPSA) is 131 Å². The van der Waals surface area contributed by atoms with E-state index in [9.17, 15) is 19.4 Å². The van der Waals surface area contributed by atoms with E-state index in [2.05, 4.69) is 31.3 Å². The SMILES string of the molecule is CCCCCCC/C=C\CCCCCCCC(=O)NC(COP(=O)(O)OCCN)C(O)CCCCCCCCCCCCCCCC. The maximum absolute atomic E-state index is 12.7. The van der Waals surface area contributed by atoms with Gasteiger partial charge in [-0.1, -0.05) is 161 Å². The third kappa shape index (κ3) is 33.5. The average molecular weight is 689 g/mol. The highest BCUT2D eigenvalue weighted by atomic mass is 31.2. The quantitative estimate of drug-likeness (QED) is 0.0290. The number of unbranched alkanes of at least 4 members (excludes halogenated alkanes) is 23. The number of carbonyl (C=O) groups is 1. The number of phosphoric acid groups is 1. The van der Waals surface area contributed by atoms with Crippen molar-refractivity contribution < 1.29 is 28.4 Å². The first kappa shape index (κ1) is 46.2. The smallest absolute Gasteiger partial charge is 0.391 e. The average Bonchev–Trinajstić information content (AvgIpc) is 3.05. The van der Waals surface area contributed by atoms with E-state index in [1.54, 1.807) is 0 Å². The summed E-state index contributed by atoms with van der Waals surface area (Å²) in [6, 6.07) is -0.773. The molecule has 0 bridgehead atoms. The van der Waals surface area contributed by atoms with Gasteiger partial charge in [0.25, 0.3) is 0 Å². The Hall–Kier alpha value is -0.760. The third-order valence-electron chi connectivity index (χ3n) is 8.87. The zero-order valence-corrected chi connectivity index (χ0v) is 31.7. The second-order valence-corrected chi connectivity index (χ2v) is 14.9. The Morgan fingerprint density at radius 1 is 0.681 bits per heavy atom. The number of hydrogen-bond acceptors (Lipinski definition) is 6. The summed E-state index contributed by atoms with van der Waals surface area (Å²) in [5.41, 5.74) is 5.36. The summed E-state index contributed by atoms with van der Waals surface area (Å²) < 4.78 is 22.1. The molecule has 8 nitrogen and oxygen atoms in total. The van der Waals surface area contributed by atoms with Crippen LogP contribution in [-0.4, -0.2) is 47.8 Å². The molecule has 1 amide bonds. The largest absolute Gasteiger partial charge is 0.472 e. The molecule has 9 heteroatoms. The molecular formula is C38H77N2O6P. The van der Waals surface area contributed by atoms with E-state index in [1.165, 1.54) is 116 Å². The van der Waals surface area contributed by atoms with Gasteiger partial charge in [0.05, 0.1) is 25.4 Å². The second kappa shape index (κ2) is 35.1. The van der Waals surface area contributed by atoms with E-state index in [4.69, 9.17) is 14.8 Å². The van der Waals surface area contributed by atoms with E-state index in [1.807, 2.05) is 0 Å². The van der Waals surface area contributed by atoms with Crippen LogP contribution in [0.15, 0.2) is 12.2 Å². The van der Waals surface area contributed by atoms with Crippen molar-refractivity contribution in [2.45, 2.75) is 206 Å². The Kier molecular flexibility index (Phi) is 34.5. The van der Waals surface area contributed by atoms with Crippen LogP contribution in [0.3, 0.4) is 0 Å². The number of aliphatic hydroxyl groups excluding tert-OH is 1. The molecule has 0 aromatic rings. The molecule has 5 N–H and O–H groups in total. The Morgan fingerprint density at radius 2 is 1.11 bits per heavy atom. The van der Waals surface area contributed by atoms with Gasteiger partial charge in [0.1, 0.15) is 0 Å². The van der Waals surface area contributed by atoms with Gasteiger partial charge in [0, 0.05) is 13.0 Å². The van der Waals surface area contributed by atoms with Gasteiger partial charge in [-0.15, -0.1) is 0 Å². The molecule has 280 valence electrons. The van der Waals surface area contributed by atoms with E-state index in [0.29, 0.717) is 12.8 Å². The van der Waals surface area contributed by atoms with Crippen molar-refractivity contribution in [2.75, 3.05) is 19.8 Å². The Morgan fingerprint density at radius 3 is 1.57 bits per heavy atom. The van der Waals surface area contributed by atoms with Crippen LogP contribution in [-0.2, 0) is 18.4 Å². The number of carbonyl (C=O) groups excluding carboxylic acids is 1. The van der Waals surface area contributed by atoms with E-state index < -0.39 is 20.0 Å². The molecule has 0 aromatic carbocycles. The first-order valence-corrected chi connectivity index (χ1v) is 21.3. The first-order chi connectivity index (χ1) is 22.9. The molecule has 0 aliphatic rings. The number of hydrogen-bond donors (Lipinski definition) is 4. The summed E-state index contributed by atoms with van der Waals surface area (Å²) in [5, 5.41) is 13.7. The maximum atomic E-state index is 12.7. The van der Waals surface area contributed by atoms with E-state index in [-0.39, 0.29) is 25.7 Å². The van der Waals surface area contributed by atoms with Crippen LogP contribution in [0.4, 0.5) is 0 Å². The van der Waals surface area contributed by atoms with Crippen LogP contribution in [0.2, 0.25) is 0 Å². The molecule has 0 aliphatic heterocycles. The molecular weight excluding hydrogens is 611 g/mol. The van der Waals surface area contributed by atoms with Crippen molar-refractivity contribution in [3.8, 4) is 0 Å². The number of aliphatic hydroxyl groups is 1. The molecule has 0 aromatic heterocycles. The predicted octanol–water partition coefficient (Wildman–Crippen LogP) is 10.4. The summed E-state index contributed by atoms with van der Waals surface area (Å²) in [4.78, 5) is 22.6. The predicted molar refractivity (Wildman–Crippen MR) is 198 cm³/mol. The van der Waals surface area contributed by atoms with Gasteiger partial charge in [0.2, 0.25) is 5.91 Å². The van der Waals surface area contributed by atoms with Crippen molar-refractivity contribution in [2.24, 2.45) is 5.73 Å². The molecule has 0 aliphatic carbocycles. The van der Waals surface area contributed by atoms with E-state index >= 15 is 0 Å². The molecule has 0 fully saturated rings. The van der Waals surface area contributed by atoms with Crippen molar-refractivity contribution in [3.05, 3.63) is 12.2 Å². The van der Waals surface area contributed by atoms with Crippen LogP contribution >= 0.6 is 7.82 Å². The van der Waals surface area contributed by atoms with E-state index in [0.717, 1.165) is 51.4 Å². The van der Waals surface area contributed by atoms with Crippen LogP contribution in [0, 0.1) is 0 Å². The summed E-state index contributed by atoms with van der Waals surface area (Å²) in [7, 11) is -4.31. The normalized spacial score (nSPS) is 14.4. The fraction of sp³-hybridized carbons (Fsp3) is 0.921. The van der Waals surface area contributed by atoms with Crippen LogP contribution in [0.5, 0.6) is 0 Å². The number of phosphoric ester groups is 1. The first-order valence-electron chi connectivity index (χ1n) is 19.8. The summed E-state index contributed by atoms with van der Waals surface area (Å²) >= 11 is 0. The van der Waals surface area contributed by atoms with Crippen LogP contribution < -0.4 is 11.1 Å². The maximum Gasteiger partial charge on any atom is 0.472 e. The molecule has 3 unspecified atom stereocenters. The van der Waals surface area contributed by atoms with Gasteiger partial charge in [-0.3, -0.25) is 13.8 Å². The van der Waals surface area contributed by atoms with Gasteiger partial charge in [-0.2, -0.15) is 0 Å². The molecule has 0 radical (unpaired) electrons. The van der Waals surface area contributed by atoms with Gasteiger partial charge in [0.15, 0.2) is 0 Å². The highest BCUT2D eigenvalue weighted by Gasteiger charge is 2.27. The zero-order valence-electron chi connectivity index (χ0n) is 30.8. The number of nitrogens with two attached hydrogens (primary N) is 1. The lowest BCUT2D eigenvalue weighted by atomic mass is 10.0. The molecule has 0 saturated heterocycles. The van der Waals surface area contributed by atoms with Crippen molar-refractivity contribution in [3.63, 3.8) is 0 Å². The van der Waals surface area contributed by atoms with Crippen molar-refractivity contribution in [1.29, 1.82) is 0 Å². The monoisotopic (exact) mass is 689 g/mol. The highest BCUT2D eigenvalue weighted by molar-refractivity contribution is 7.47. The van der Waals surface area contributed by atoms with Gasteiger partial charge in [-0.05, 0) is 38.5 Å². The summed E-state index contributed by atoms with van der Waals surface area (Å²) in [6.45, 7) is 4.19. The Bertz CT molecular complexity index is 754. The Balaban J connectivity index is 4.23. The van der Waals surface area contributed by atoms with Gasteiger partial charge in [-0.25, -0.2) is 4.57 Å². The molecule has 0 spiro atoms. The number of allylic oxidation sites excluding steroid dienone is 2. The molecule has 47 heavy (non-hydrogen) atoms. The zero-order chi connectivity index (χ0) is 34.7. The highest BCUT2D eigenvalue weighted by Crippen LogP contribution is 2.43. The minimum absolute atomic E-state index is 0.0890. The summed E-state index contributed by atoms with van der Waals surface area (Å²) in [5.74, 6) is -0.170. The molecule has 0 saturated carbocycles. The standard InChI is InChI=1S/C38H77N2O6P/c1-3-5-7-9-11-13-15-17-19-21-23-25-27-29-31-37(41)36(35-46-47(43,44)45-34-33-39)40-38(42)32-30-28-26-24-22-20-18-16-14-12-10-8-6-4-2/h16,18,36-37,41H,3-15,17,19-35,39H2,1-2H3,(H,40,42)(H,43,44)/b18-16-. The van der Waals surface area contributed by atoms with Crippen molar-refractivity contribution in [1.82, 2.24) is 5.32 Å².